The average molecular weight is 329 g/mol. The number of carbonyl (C=O) groups excluding carboxylic acids is 1. The van der Waals surface area contributed by atoms with E-state index in [1.807, 2.05) is 31.2 Å². The Labute approximate surface area is 138 Å². The molecule has 0 saturated carbocycles. The number of halogens is 1. The molecule has 2 rings (SSSR count). The van der Waals surface area contributed by atoms with Crippen molar-refractivity contribution in [2.45, 2.75) is 19.4 Å². The van der Waals surface area contributed by atoms with Crippen LogP contribution < -0.4 is 10.1 Å². The first-order valence-electron chi connectivity index (χ1n) is 7.41. The van der Waals surface area contributed by atoms with Crippen LogP contribution in [0.25, 0.3) is 0 Å². The van der Waals surface area contributed by atoms with Crippen LogP contribution >= 0.6 is 12.4 Å². The van der Waals surface area contributed by atoms with E-state index in [-0.39, 0.29) is 24.4 Å². The normalized spacial score (nSPS) is 18.4. The molecular weight excluding hydrogens is 304 g/mol. The highest BCUT2D eigenvalue weighted by Crippen LogP contribution is 2.11. The minimum atomic E-state index is 0. The largest absolute Gasteiger partial charge is 0.497 e. The molecule has 1 amide bonds. The zero-order valence-corrected chi connectivity index (χ0v) is 14.0. The van der Waals surface area contributed by atoms with E-state index in [1.54, 1.807) is 7.11 Å². The Balaban J connectivity index is 0.00000242. The number of nitrogens with zero attached hydrogens (tertiary/aromatic N) is 1. The number of nitrogens with one attached hydrogen (secondary N) is 1. The van der Waals surface area contributed by atoms with Gasteiger partial charge in [-0.1, -0.05) is 12.1 Å². The maximum atomic E-state index is 11.9. The van der Waals surface area contributed by atoms with Crippen LogP contribution in [-0.4, -0.2) is 56.8 Å². The van der Waals surface area contributed by atoms with Gasteiger partial charge in [0, 0.05) is 19.6 Å². The Hall–Kier alpha value is -1.30. The van der Waals surface area contributed by atoms with Crippen molar-refractivity contribution >= 4 is 18.3 Å². The highest BCUT2D eigenvalue weighted by molar-refractivity contribution is 5.85. The predicted molar refractivity (Wildman–Crippen MR) is 88.8 cm³/mol. The van der Waals surface area contributed by atoms with Gasteiger partial charge < -0.3 is 14.8 Å². The van der Waals surface area contributed by atoms with E-state index in [0.29, 0.717) is 19.7 Å². The summed E-state index contributed by atoms with van der Waals surface area (Å²) in [7, 11) is 1.65. The Morgan fingerprint density at radius 2 is 2.14 bits per heavy atom. The monoisotopic (exact) mass is 328 g/mol. The van der Waals surface area contributed by atoms with E-state index < -0.39 is 0 Å². The van der Waals surface area contributed by atoms with E-state index in [4.69, 9.17) is 9.47 Å². The molecule has 1 heterocycles. The molecule has 1 aliphatic rings. The van der Waals surface area contributed by atoms with Crippen LogP contribution in [0.4, 0.5) is 0 Å². The first-order chi connectivity index (χ1) is 10.2. The van der Waals surface area contributed by atoms with E-state index in [2.05, 4.69) is 10.2 Å². The lowest BCUT2D eigenvalue weighted by molar-refractivity contribution is -0.124. The van der Waals surface area contributed by atoms with Gasteiger partial charge >= 0.3 is 0 Å². The Kier molecular flexibility index (Phi) is 8.24. The summed E-state index contributed by atoms with van der Waals surface area (Å²) in [4.78, 5) is 14.0. The van der Waals surface area contributed by atoms with Gasteiger partial charge in [-0.25, -0.2) is 0 Å². The Morgan fingerprint density at radius 1 is 1.41 bits per heavy atom. The van der Waals surface area contributed by atoms with Crippen molar-refractivity contribution < 1.29 is 14.3 Å². The smallest absolute Gasteiger partial charge is 0.234 e. The molecule has 22 heavy (non-hydrogen) atoms. The summed E-state index contributed by atoms with van der Waals surface area (Å²) in [6.07, 6.45) is 1.04. The molecule has 0 aromatic heterocycles. The number of amides is 1. The summed E-state index contributed by atoms with van der Waals surface area (Å²) in [6, 6.07) is 7.92. The first kappa shape index (κ1) is 18.7. The van der Waals surface area contributed by atoms with Crippen LogP contribution in [0.2, 0.25) is 0 Å². The second-order valence-corrected chi connectivity index (χ2v) is 5.36. The highest BCUT2D eigenvalue weighted by atomic mass is 35.5. The van der Waals surface area contributed by atoms with E-state index in [1.165, 1.54) is 5.56 Å². The molecule has 1 unspecified atom stereocenters. The van der Waals surface area contributed by atoms with Gasteiger partial charge in [-0.3, -0.25) is 9.69 Å². The standard InChI is InChI=1S/C16H24N2O3.ClH/c1-13-11-18(9-10-21-13)12-16(19)17-8-7-14-3-5-15(20-2)6-4-14;/h3-6,13H,7-12H2,1-2H3,(H,17,19);1H. The zero-order valence-electron chi connectivity index (χ0n) is 13.2. The predicted octanol–water partition coefficient (Wildman–Crippen LogP) is 1.50. The molecule has 0 spiro atoms. The lowest BCUT2D eigenvalue weighted by Gasteiger charge is -2.30. The number of carbonyl (C=O) groups is 1. The van der Waals surface area contributed by atoms with Crippen molar-refractivity contribution in [3.05, 3.63) is 29.8 Å². The van der Waals surface area contributed by atoms with Gasteiger partial charge in [-0.15, -0.1) is 12.4 Å². The third-order valence-electron chi connectivity index (χ3n) is 3.59. The van der Waals surface area contributed by atoms with Crippen LogP contribution in [0.1, 0.15) is 12.5 Å². The average Bonchev–Trinajstić information content (AvgIpc) is 2.48. The number of hydrogen-bond acceptors (Lipinski definition) is 4. The second kappa shape index (κ2) is 9.66. The number of rotatable bonds is 6. The van der Waals surface area contributed by atoms with Crippen molar-refractivity contribution in [2.24, 2.45) is 0 Å². The van der Waals surface area contributed by atoms with Gasteiger partial charge in [0.25, 0.3) is 0 Å². The van der Waals surface area contributed by atoms with Gasteiger partial charge in [0.2, 0.25) is 5.91 Å². The minimum Gasteiger partial charge on any atom is -0.497 e. The molecule has 1 aromatic carbocycles. The molecule has 0 bridgehead atoms. The van der Waals surface area contributed by atoms with Gasteiger partial charge in [0.1, 0.15) is 5.75 Å². The number of benzene rings is 1. The Bertz CT molecular complexity index is 453. The van der Waals surface area contributed by atoms with E-state index in [0.717, 1.165) is 25.3 Å². The quantitative estimate of drug-likeness (QED) is 0.859. The first-order valence-corrected chi connectivity index (χ1v) is 7.41. The summed E-state index contributed by atoms with van der Waals surface area (Å²) in [6.45, 7) is 5.51. The summed E-state index contributed by atoms with van der Waals surface area (Å²) < 4.78 is 10.6. The van der Waals surface area contributed by atoms with E-state index in [9.17, 15) is 4.79 Å². The molecule has 1 aliphatic heterocycles. The lowest BCUT2D eigenvalue weighted by Crippen LogP contribution is -2.46. The summed E-state index contributed by atoms with van der Waals surface area (Å²) >= 11 is 0. The third-order valence-corrected chi connectivity index (χ3v) is 3.59. The van der Waals surface area contributed by atoms with Crippen molar-refractivity contribution in [3.8, 4) is 5.75 Å². The molecular formula is C16H25ClN2O3. The van der Waals surface area contributed by atoms with Crippen LogP contribution in [0.5, 0.6) is 5.75 Å². The lowest BCUT2D eigenvalue weighted by atomic mass is 10.1. The molecule has 1 fully saturated rings. The fraction of sp³-hybridized carbons (Fsp3) is 0.562. The van der Waals surface area contributed by atoms with E-state index >= 15 is 0 Å². The SMILES string of the molecule is COc1ccc(CCNC(=O)CN2CCOC(C)C2)cc1.Cl. The van der Waals surface area contributed by atoms with Crippen molar-refractivity contribution in [1.29, 1.82) is 0 Å². The number of ether oxygens (including phenoxy) is 2. The van der Waals surface area contributed by atoms with Crippen molar-refractivity contribution in [2.75, 3.05) is 39.9 Å². The maximum absolute atomic E-state index is 11.9. The number of hydrogen-bond donors (Lipinski definition) is 1. The maximum Gasteiger partial charge on any atom is 0.234 e. The molecule has 124 valence electrons. The second-order valence-electron chi connectivity index (χ2n) is 5.36. The molecule has 6 heteroatoms. The third kappa shape index (κ3) is 6.22. The summed E-state index contributed by atoms with van der Waals surface area (Å²) in [5, 5.41) is 2.97. The highest BCUT2D eigenvalue weighted by Gasteiger charge is 2.18. The molecule has 1 aromatic rings. The molecule has 5 nitrogen and oxygen atoms in total. The van der Waals surface area contributed by atoms with Gasteiger partial charge in [0.05, 0.1) is 26.4 Å². The molecule has 1 atom stereocenters. The molecule has 1 saturated heterocycles. The van der Waals surface area contributed by atoms with Gasteiger partial charge in [-0.05, 0) is 31.0 Å². The summed E-state index contributed by atoms with van der Waals surface area (Å²) in [5.74, 6) is 0.932. The number of morpholine rings is 1. The van der Waals surface area contributed by atoms with Crippen LogP contribution in [0.15, 0.2) is 24.3 Å². The topological polar surface area (TPSA) is 50.8 Å². The van der Waals surface area contributed by atoms with Crippen LogP contribution in [0, 0.1) is 0 Å². The zero-order chi connectivity index (χ0) is 15.1. The van der Waals surface area contributed by atoms with Gasteiger partial charge in [-0.2, -0.15) is 0 Å². The van der Waals surface area contributed by atoms with Gasteiger partial charge in [0.15, 0.2) is 0 Å². The fourth-order valence-electron chi connectivity index (χ4n) is 2.43. The Morgan fingerprint density at radius 3 is 2.77 bits per heavy atom. The van der Waals surface area contributed by atoms with Crippen LogP contribution in [0.3, 0.4) is 0 Å². The number of methoxy groups -OCH3 is 1. The van der Waals surface area contributed by atoms with Crippen molar-refractivity contribution in [1.82, 2.24) is 10.2 Å². The van der Waals surface area contributed by atoms with Crippen LogP contribution in [-0.2, 0) is 16.0 Å². The molecule has 1 N–H and O–H groups in total. The molecule has 0 radical (unpaired) electrons. The van der Waals surface area contributed by atoms with Crippen molar-refractivity contribution in [3.63, 3.8) is 0 Å². The molecule has 0 aliphatic carbocycles. The minimum absolute atomic E-state index is 0. The fourth-order valence-corrected chi connectivity index (χ4v) is 2.43. The summed E-state index contributed by atoms with van der Waals surface area (Å²) in [5.41, 5.74) is 1.19.